The normalized spacial score (nSPS) is 10.8. The van der Waals surface area contributed by atoms with Gasteiger partial charge in [-0.3, -0.25) is 4.79 Å². The second-order valence-electron chi connectivity index (χ2n) is 5.45. The Morgan fingerprint density at radius 1 is 1.23 bits per heavy atom. The number of hydrogen-bond acceptors (Lipinski definition) is 1. The van der Waals surface area contributed by atoms with E-state index in [1.165, 1.54) is 17.7 Å². The zero-order valence-corrected chi connectivity index (χ0v) is 12.3. The predicted octanol–water partition coefficient (Wildman–Crippen LogP) is 3.47. The molecule has 0 saturated heterocycles. The topological polar surface area (TPSA) is 44.9 Å². The lowest BCUT2D eigenvalue weighted by molar-refractivity contribution is -0.120. The van der Waals surface area contributed by atoms with Gasteiger partial charge in [0.1, 0.15) is 5.82 Å². The molecular weight excluding hydrogens is 279 g/mol. The molecule has 0 saturated carbocycles. The first-order valence-electron chi connectivity index (χ1n) is 7.19. The van der Waals surface area contributed by atoms with Crippen molar-refractivity contribution in [2.75, 3.05) is 0 Å². The quantitative estimate of drug-likeness (QED) is 0.760. The van der Waals surface area contributed by atoms with Crippen LogP contribution in [0.15, 0.2) is 48.7 Å². The molecule has 0 radical (unpaired) electrons. The van der Waals surface area contributed by atoms with Crippen LogP contribution >= 0.6 is 0 Å². The molecule has 0 spiro atoms. The Bertz CT molecular complexity index is 823. The van der Waals surface area contributed by atoms with Gasteiger partial charge < -0.3 is 10.3 Å². The van der Waals surface area contributed by atoms with Gasteiger partial charge in [0.15, 0.2) is 0 Å². The molecule has 1 heterocycles. The molecule has 112 valence electrons. The molecule has 0 aliphatic carbocycles. The summed E-state index contributed by atoms with van der Waals surface area (Å²) in [7, 11) is 0. The second kappa shape index (κ2) is 6.02. The molecule has 0 fully saturated rings. The van der Waals surface area contributed by atoms with E-state index in [0.717, 1.165) is 16.5 Å². The number of rotatable bonds is 4. The van der Waals surface area contributed by atoms with E-state index in [0.29, 0.717) is 12.1 Å². The summed E-state index contributed by atoms with van der Waals surface area (Å²) in [6.07, 6.45) is 2.04. The van der Waals surface area contributed by atoms with Crippen LogP contribution in [0.5, 0.6) is 0 Å². The summed E-state index contributed by atoms with van der Waals surface area (Å²) in [5, 5.41) is 3.80. The molecule has 3 aromatic rings. The fourth-order valence-electron chi connectivity index (χ4n) is 2.56. The predicted molar refractivity (Wildman–Crippen MR) is 85.0 cm³/mol. The summed E-state index contributed by atoms with van der Waals surface area (Å²) in [4.78, 5) is 15.1. The number of amides is 1. The van der Waals surface area contributed by atoms with Gasteiger partial charge in [0.2, 0.25) is 5.91 Å². The van der Waals surface area contributed by atoms with Crippen LogP contribution in [0.2, 0.25) is 0 Å². The highest BCUT2D eigenvalue weighted by Crippen LogP contribution is 2.19. The van der Waals surface area contributed by atoms with E-state index in [9.17, 15) is 9.18 Å². The van der Waals surface area contributed by atoms with Crippen LogP contribution in [0.25, 0.3) is 10.9 Å². The molecule has 2 N–H and O–H groups in total. The lowest BCUT2D eigenvalue weighted by Crippen LogP contribution is -2.24. The molecule has 1 aromatic heterocycles. The van der Waals surface area contributed by atoms with E-state index in [-0.39, 0.29) is 18.1 Å². The summed E-state index contributed by atoms with van der Waals surface area (Å²) in [5.74, 6) is -0.337. The number of H-pyrrole nitrogens is 1. The Morgan fingerprint density at radius 3 is 2.91 bits per heavy atom. The van der Waals surface area contributed by atoms with Crippen LogP contribution in [0.3, 0.4) is 0 Å². The number of carbonyl (C=O) groups excluding carboxylic acids is 1. The van der Waals surface area contributed by atoms with E-state index in [1.807, 2.05) is 25.1 Å². The van der Waals surface area contributed by atoms with Crippen molar-refractivity contribution in [1.29, 1.82) is 0 Å². The van der Waals surface area contributed by atoms with Gasteiger partial charge >= 0.3 is 0 Å². The van der Waals surface area contributed by atoms with Gasteiger partial charge in [-0.15, -0.1) is 0 Å². The summed E-state index contributed by atoms with van der Waals surface area (Å²) < 4.78 is 13.2. The van der Waals surface area contributed by atoms with Crippen molar-refractivity contribution in [3.05, 3.63) is 71.2 Å². The minimum atomic E-state index is -0.287. The fourth-order valence-corrected chi connectivity index (χ4v) is 2.56. The largest absolute Gasteiger partial charge is 0.361 e. The lowest BCUT2D eigenvalue weighted by atomic mass is 10.1. The zero-order chi connectivity index (χ0) is 15.5. The number of aromatic nitrogens is 1. The van der Waals surface area contributed by atoms with E-state index in [1.54, 1.807) is 12.3 Å². The Labute approximate surface area is 128 Å². The molecule has 0 bridgehead atoms. The number of carbonyl (C=O) groups is 1. The molecule has 0 unspecified atom stereocenters. The van der Waals surface area contributed by atoms with Crippen LogP contribution < -0.4 is 5.32 Å². The van der Waals surface area contributed by atoms with Gasteiger partial charge in [-0.25, -0.2) is 4.39 Å². The first kappa shape index (κ1) is 14.3. The van der Waals surface area contributed by atoms with Crippen molar-refractivity contribution in [3.63, 3.8) is 0 Å². The van der Waals surface area contributed by atoms with Crippen molar-refractivity contribution in [1.82, 2.24) is 10.3 Å². The van der Waals surface area contributed by atoms with E-state index < -0.39 is 0 Å². The third-order valence-corrected chi connectivity index (χ3v) is 3.65. The second-order valence-corrected chi connectivity index (χ2v) is 5.45. The first-order chi connectivity index (χ1) is 10.6. The van der Waals surface area contributed by atoms with E-state index in [2.05, 4.69) is 16.4 Å². The Hall–Kier alpha value is -2.62. The molecule has 22 heavy (non-hydrogen) atoms. The van der Waals surface area contributed by atoms with Crippen molar-refractivity contribution in [2.24, 2.45) is 0 Å². The van der Waals surface area contributed by atoms with Gasteiger partial charge in [0.05, 0.1) is 6.42 Å². The minimum absolute atomic E-state index is 0.0493. The van der Waals surface area contributed by atoms with Crippen LogP contribution in [-0.4, -0.2) is 10.9 Å². The van der Waals surface area contributed by atoms with Gasteiger partial charge in [-0.2, -0.15) is 0 Å². The highest BCUT2D eigenvalue weighted by molar-refractivity contribution is 5.88. The Balaban J connectivity index is 1.66. The molecule has 0 aliphatic rings. The number of nitrogens with one attached hydrogen (secondary N) is 2. The number of halogens is 1. The van der Waals surface area contributed by atoms with E-state index >= 15 is 0 Å². The maximum atomic E-state index is 13.2. The summed E-state index contributed by atoms with van der Waals surface area (Å²) in [5.41, 5.74) is 3.83. The molecule has 0 aliphatic heterocycles. The summed E-state index contributed by atoms with van der Waals surface area (Å²) in [6, 6.07) is 12.6. The lowest BCUT2D eigenvalue weighted by Gasteiger charge is -2.06. The molecule has 0 atom stereocenters. The summed E-state index contributed by atoms with van der Waals surface area (Å²) >= 11 is 0. The van der Waals surface area contributed by atoms with Crippen molar-refractivity contribution in [3.8, 4) is 0 Å². The zero-order valence-electron chi connectivity index (χ0n) is 12.3. The highest BCUT2D eigenvalue weighted by Gasteiger charge is 2.09. The number of aryl methyl sites for hydroxylation is 1. The van der Waals surface area contributed by atoms with Crippen LogP contribution in [0, 0.1) is 12.7 Å². The SMILES string of the molecule is Cc1cccc(CNC(=O)Cc2c[nH]c3cc(F)ccc23)c1. The van der Waals surface area contributed by atoms with E-state index in [4.69, 9.17) is 0 Å². The Morgan fingerprint density at radius 2 is 2.09 bits per heavy atom. The molecule has 3 nitrogen and oxygen atoms in total. The molecular formula is C18H17FN2O. The average Bonchev–Trinajstić information content (AvgIpc) is 2.87. The maximum absolute atomic E-state index is 13.2. The number of aromatic amines is 1. The Kier molecular flexibility index (Phi) is 3.92. The van der Waals surface area contributed by atoms with Crippen molar-refractivity contribution < 1.29 is 9.18 Å². The van der Waals surface area contributed by atoms with Gasteiger partial charge in [-0.05, 0) is 36.2 Å². The number of hydrogen-bond donors (Lipinski definition) is 2. The maximum Gasteiger partial charge on any atom is 0.224 e. The highest BCUT2D eigenvalue weighted by atomic mass is 19.1. The van der Waals surface area contributed by atoms with Crippen LogP contribution in [0.4, 0.5) is 4.39 Å². The monoisotopic (exact) mass is 296 g/mol. The number of benzene rings is 2. The number of fused-ring (bicyclic) bond motifs is 1. The van der Waals surface area contributed by atoms with Crippen molar-refractivity contribution >= 4 is 16.8 Å². The minimum Gasteiger partial charge on any atom is -0.361 e. The molecule has 3 rings (SSSR count). The average molecular weight is 296 g/mol. The van der Waals surface area contributed by atoms with Crippen LogP contribution in [-0.2, 0) is 17.8 Å². The smallest absolute Gasteiger partial charge is 0.224 e. The fraction of sp³-hybridized carbons (Fsp3) is 0.167. The molecule has 4 heteroatoms. The van der Waals surface area contributed by atoms with Crippen molar-refractivity contribution in [2.45, 2.75) is 19.9 Å². The summed E-state index contributed by atoms with van der Waals surface area (Å²) in [6.45, 7) is 2.54. The third-order valence-electron chi connectivity index (χ3n) is 3.65. The first-order valence-corrected chi connectivity index (χ1v) is 7.19. The van der Waals surface area contributed by atoms with Gasteiger partial charge in [-0.1, -0.05) is 29.8 Å². The third kappa shape index (κ3) is 3.17. The van der Waals surface area contributed by atoms with Gasteiger partial charge in [0.25, 0.3) is 0 Å². The standard InChI is InChI=1S/C18H17FN2O/c1-12-3-2-4-13(7-12)10-21-18(22)8-14-11-20-17-9-15(19)5-6-16(14)17/h2-7,9,11,20H,8,10H2,1H3,(H,21,22). The molecule has 1 amide bonds. The molecule has 2 aromatic carbocycles. The van der Waals surface area contributed by atoms with Crippen LogP contribution in [0.1, 0.15) is 16.7 Å². The van der Waals surface area contributed by atoms with Gasteiger partial charge in [0, 0.05) is 23.6 Å².